The van der Waals surface area contributed by atoms with Crippen molar-refractivity contribution in [3.63, 3.8) is 0 Å². The monoisotopic (exact) mass is 186 g/mol. The normalized spacial score (nSPS) is 12.8. The van der Waals surface area contributed by atoms with Crippen molar-refractivity contribution in [1.29, 1.82) is 0 Å². The minimum Gasteiger partial charge on any atom is -0.356 e. The molecular formula is C10H22N2O. The van der Waals surface area contributed by atoms with Gasteiger partial charge in [-0.05, 0) is 19.3 Å². The van der Waals surface area contributed by atoms with Crippen molar-refractivity contribution in [2.75, 3.05) is 6.54 Å². The molecular weight excluding hydrogens is 164 g/mol. The Kier molecular flexibility index (Phi) is 3.91. The molecule has 0 radical (unpaired) electrons. The average molecular weight is 186 g/mol. The molecule has 0 aromatic rings. The lowest BCUT2D eigenvalue weighted by atomic mass is 9.96. The summed E-state index contributed by atoms with van der Waals surface area (Å²) in [6.45, 7) is 10.7. The molecule has 3 heteroatoms. The first kappa shape index (κ1) is 12.4. The number of nitrogens with one attached hydrogen (secondary N) is 1. The highest BCUT2D eigenvalue weighted by molar-refractivity contribution is 5.77. The summed E-state index contributed by atoms with van der Waals surface area (Å²) in [6.07, 6.45) is 0.378. The van der Waals surface area contributed by atoms with E-state index in [-0.39, 0.29) is 11.3 Å². The van der Waals surface area contributed by atoms with Gasteiger partial charge in [0.1, 0.15) is 0 Å². The fourth-order valence-corrected chi connectivity index (χ4v) is 0.840. The second kappa shape index (κ2) is 4.09. The number of nitrogens with two attached hydrogens (primary N) is 1. The van der Waals surface area contributed by atoms with Gasteiger partial charge in [0.15, 0.2) is 0 Å². The van der Waals surface area contributed by atoms with Crippen molar-refractivity contribution >= 4 is 5.91 Å². The van der Waals surface area contributed by atoms with Crippen LogP contribution < -0.4 is 11.1 Å². The Morgan fingerprint density at radius 3 is 2.00 bits per heavy atom. The highest BCUT2D eigenvalue weighted by Gasteiger charge is 2.18. The molecule has 0 spiro atoms. The lowest BCUT2D eigenvalue weighted by molar-refractivity contribution is -0.122. The van der Waals surface area contributed by atoms with E-state index >= 15 is 0 Å². The third-order valence-corrected chi connectivity index (χ3v) is 1.43. The topological polar surface area (TPSA) is 55.1 Å². The van der Waals surface area contributed by atoms with E-state index in [0.717, 1.165) is 0 Å². The van der Waals surface area contributed by atoms with Gasteiger partial charge >= 0.3 is 0 Å². The lowest BCUT2D eigenvalue weighted by Crippen LogP contribution is -2.41. The molecule has 0 rings (SSSR count). The highest BCUT2D eigenvalue weighted by atomic mass is 16.1. The van der Waals surface area contributed by atoms with E-state index in [4.69, 9.17) is 5.73 Å². The number of rotatable bonds is 3. The van der Waals surface area contributed by atoms with Crippen LogP contribution in [0.4, 0.5) is 0 Å². The number of carbonyl (C=O) groups is 1. The van der Waals surface area contributed by atoms with Crippen LogP contribution in [0.3, 0.4) is 0 Å². The van der Waals surface area contributed by atoms with E-state index in [1.165, 1.54) is 0 Å². The molecule has 0 fully saturated rings. The summed E-state index contributed by atoms with van der Waals surface area (Å²) in [5.74, 6) is 0.0300. The zero-order valence-corrected chi connectivity index (χ0v) is 9.40. The fourth-order valence-electron chi connectivity index (χ4n) is 0.840. The van der Waals surface area contributed by atoms with Gasteiger partial charge in [0.25, 0.3) is 0 Å². The Morgan fingerprint density at radius 2 is 1.69 bits per heavy atom. The van der Waals surface area contributed by atoms with Crippen molar-refractivity contribution in [3.05, 3.63) is 0 Å². The summed E-state index contributed by atoms with van der Waals surface area (Å²) in [7, 11) is 0. The van der Waals surface area contributed by atoms with Crippen molar-refractivity contribution in [1.82, 2.24) is 5.32 Å². The van der Waals surface area contributed by atoms with Crippen molar-refractivity contribution in [2.45, 2.75) is 46.6 Å². The fraction of sp³-hybridized carbons (Fsp3) is 0.900. The van der Waals surface area contributed by atoms with E-state index in [9.17, 15) is 4.79 Å². The van der Waals surface area contributed by atoms with Gasteiger partial charge in [0.05, 0.1) is 0 Å². The summed E-state index contributed by atoms with van der Waals surface area (Å²) >= 11 is 0. The highest BCUT2D eigenvalue weighted by Crippen LogP contribution is 2.11. The van der Waals surface area contributed by atoms with E-state index in [1.54, 1.807) is 0 Å². The summed E-state index contributed by atoms with van der Waals surface area (Å²) in [5.41, 5.74) is 5.43. The molecule has 78 valence electrons. The van der Waals surface area contributed by atoms with Crippen LogP contribution in [-0.4, -0.2) is 18.0 Å². The van der Waals surface area contributed by atoms with Crippen LogP contribution in [0.25, 0.3) is 0 Å². The predicted octanol–water partition coefficient (Wildman–Crippen LogP) is 1.28. The Bertz CT molecular complexity index is 174. The first-order valence-corrected chi connectivity index (χ1v) is 4.66. The van der Waals surface area contributed by atoms with Gasteiger partial charge in [0.2, 0.25) is 5.91 Å². The average Bonchev–Trinajstić information content (AvgIpc) is 1.78. The largest absolute Gasteiger partial charge is 0.356 e. The Hall–Kier alpha value is -0.570. The summed E-state index contributed by atoms with van der Waals surface area (Å²) < 4.78 is 0. The lowest BCUT2D eigenvalue weighted by Gasteiger charge is -2.22. The maximum absolute atomic E-state index is 11.3. The molecule has 0 atom stereocenters. The zero-order valence-electron chi connectivity index (χ0n) is 9.40. The summed E-state index contributed by atoms with van der Waals surface area (Å²) in [4.78, 5) is 11.3. The SMILES string of the molecule is CC(C)(C)CNC(=O)CC(C)(C)N. The Balaban J connectivity index is 3.78. The molecule has 0 aliphatic heterocycles. The Labute approximate surface area is 81.1 Å². The van der Waals surface area contributed by atoms with Crippen LogP contribution in [0.2, 0.25) is 0 Å². The van der Waals surface area contributed by atoms with Gasteiger partial charge in [-0.15, -0.1) is 0 Å². The van der Waals surface area contributed by atoms with Gasteiger partial charge in [-0.1, -0.05) is 20.8 Å². The van der Waals surface area contributed by atoms with E-state index < -0.39 is 5.54 Å². The Morgan fingerprint density at radius 1 is 1.23 bits per heavy atom. The maximum atomic E-state index is 11.3. The second-order valence-corrected chi connectivity index (χ2v) is 5.50. The predicted molar refractivity (Wildman–Crippen MR) is 55.3 cm³/mol. The molecule has 0 aromatic heterocycles. The molecule has 0 aliphatic rings. The molecule has 0 bridgehead atoms. The number of hydrogen-bond donors (Lipinski definition) is 2. The zero-order chi connectivity index (χ0) is 10.7. The molecule has 0 saturated carbocycles. The van der Waals surface area contributed by atoms with Crippen LogP contribution in [0.15, 0.2) is 0 Å². The standard InChI is InChI=1S/C10H22N2O/c1-9(2,3)7-12-8(13)6-10(4,5)11/h6-7,11H2,1-5H3,(H,12,13). The molecule has 3 N–H and O–H groups in total. The first-order valence-electron chi connectivity index (χ1n) is 4.66. The van der Waals surface area contributed by atoms with Gasteiger partial charge in [-0.2, -0.15) is 0 Å². The van der Waals surface area contributed by atoms with Crippen molar-refractivity contribution < 1.29 is 4.79 Å². The molecule has 0 heterocycles. The minimum absolute atomic E-state index is 0.0300. The number of amides is 1. The van der Waals surface area contributed by atoms with E-state index in [1.807, 2.05) is 13.8 Å². The van der Waals surface area contributed by atoms with E-state index in [0.29, 0.717) is 13.0 Å². The van der Waals surface area contributed by atoms with Crippen LogP contribution in [0.5, 0.6) is 0 Å². The molecule has 1 amide bonds. The molecule has 0 aromatic carbocycles. The smallest absolute Gasteiger partial charge is 0.221 e. The van der Waals surface area contributed by atoms with Gasteiger partial charge in [-0.25, -0.2) is 0 Å². The van der Waals surface area contributed by atoms with Crippen molar-refractivity contribution in [3.8, 4) is 0 Å². The number of hydrogen-bond acceptors (Lipinski definition) is 2. The van der Waals surface area contributed by atoms with Crippen LogP contribution in [0.1, 0.15) is 41.0 Å². The minimum atomic E-state index is -0.415. The van der Waals surface area contributed by atoms with E-state index in [2.05, 4.69) is 26.1 Å². The summed E-state index contributed by atoms with van der Waals surface area (Å²) in [6, 6.07) is 0. The van der Waals surface area contributed by atoms with Crippen LogP contribution >= 0.6 is 0 Å². The molecule has 13 heavy (non-hydrogen) atoms. The van der Waals surface area contributed by atoms with Gasteiger partial charge in [0, 0.05) is 18.5 Å². The summed E-state index contributed by atoms with van der Waals surface area (Å²) in [5, 5.41) is 2.86. The second-order valence-electron chi connectivity index (χ2n) is 5.50. The maximum Gasteiger partial charge on any atom is 0.221 e. The number of carbonyl (C=O) groups excluding carboxylic acids is 1. The van der Waals surface area contributed by atoms with Crippen molar-refractivity contribution in [2.24, 2.45) is 11.1 Å². The molecule has 3 nitrogen and oxygen atoms in total. The molecule has 0 unspecified atom stereocenters. The van der Waals surface area contributed by atoms with Gasteiger partial charge in [-0.3, -0.25) is 4.79 Å². The van der Waals surface area contributed by atoms with Crippen LogP contribution in [-0.2, 0) is 4.79 Å². The van der Waals surface area contributed by atoms with Gasteiger partial charge < -0.3 is 11.1 Å². The third kappa shape index (κ3) is 9.34. The quantitative estimate of drug-likeness (QED) is 0.697. The van der Waals surface area contributed by atoms with Crippen LogP contribution in [0, 0.1) is 5.41 Å². The first-order chi connectivity index (χ1) is 5.60. The molecule has 0 saturated heterocycles. The third-order valence-electron chi connectivity index (χ3n) is 1.43. The molecule has 0 aliphatic carbocycles.